The summed E-state index contributed by atoms with van der Waals surface area (Å²) >= 11 is 0. The maximum Gasteiger partial charge on any atom is 0.220 e. The highest BCUT2D eigenvalue weighted by Gasteiger charge is 2.04. The number of halogens is 1. The highest BCUT2D eigenvalue weighted by atomic mass is 35.5. The molecule has 0 bridgehead atoms. The second-order valence-electron chi connectivity index (χ2n) is 5.72. The van der Waals surface area contributed by atoms with Crippen molar-refractivity contribution in [3.05, 3.63) is 54.1 Å². The first-order valence-electron chi connectivity index (χ1n) is 7.84. The second-order valence-corrected chi connectivity index (χ2v) is 5.72. The summed E-state index contributed by atoms with van der Waals surface area (Å²) in [5, 5.41) is 2.92. The van der Waals surface area contributed by atoms with Crippen LogP contribution in [-0.4, -0.2) is 19.1 Å². The van der Waals surface area contributed by atoms with Gasteiger partial charge >= 0.3 is 0 Å². The normalized spacial score (nSPS) is 11.3. The summed E-state index contributed by atoms with van der Waals surface area (Å²) in [6.45, 7) is 2.45. The lowest BCUT2D eigenvalue weighted by atomic mass is 10.0. The largest absolute Gasteiger partial charge is 0.497 e. The topological polar surface area (TPSA) is 64.3 Å². The Hall–Kier alpha value is -2.04. The Morgan fingerprint density at radius 1 is 1.17 bits per heavy atom. The van der Waals surface area contributed by atoms with Gasteiger partial charge in [-0.2, -0.15) is 0 Å². The van der Waals surface area contributed by atoms with Crippen molar-refractivity contribution in [2.75, 3.05) is 7.11 Å². The van der Waals surface area contributed by atoms with E-state index in [-0.39, 0.29) is 24.4 Å². The lowest BCUT2D eigenvalue weighted by molar-refractivity contribution is -0.121. The predicted octanol–water partition coefficient (Wildman–Crippen LogP) is 3.53. The van der Waals surface area contributed by atoms with Crippen LogP contribution < -0.4 is 15.8 Å². The monoisotopic (exact) mass is 348 g/mol. The number of carbonyl (C=O) groups excluding carboxylic acids is 1. The number of nitrogens with two attached hydrogens (primary N) is 1. The molecule has 0 spiro atoms. The van der Waals surface area contributed by atoms with E-state index in [0.717, 1.165) is 22.4 Å². The molecule has 0 aliphatic heterocycles. The van der Waals surface area contributed by atoms with Crippen molar-refractivity contribution in [3.8, 4) is 16.9 Å². The first kappa shape index (κ1) is 20.0. The SMILES string of the molecule is COc1cccc(-c2ccc(CNC(=O)CCC(C)N)cc2)c1.Cl. The highest BCUT2D eigenvalue weighted by Crippen LogP contribution is 2.24. The Bertz CT molecular complexity index is 642. The van der Waals surface area contributed by atoms with Crippen LogP contribution in [0.25, 0.3) is 11.1 Å². The maximum atomic E-state index is 11.7. The van der Waals surface area contributed by atoms with Crippen LogP contribution in [-0.2, 0) is 11.3 Å². The van der Waals surface area contributed by atoms with Crippen LogP contribution in [0.4, 0.5) is 0 Å². The molecule has 1 atom stereocenters. The third-order valence-corrected chi connectivity index (χ3v) is 3.67. The summed E-state index contributed by atoms with van der Waals surface area (Å²) < 4.78 is 5.25. The number of rotatable bonds is 7. The minimum Gasteiger partial charge on any atom is -0.497 e. The summed E-state index contributed by atoms with van der Waals surface area (Å²) in [6.07, 6.45) is 1.18. The van der Waals surface area contributed by atoms with E-state index in [1.54, 1.807) is 7.11 Å². The molecule has 130 valence electrons. The van der Waals surface area contributed by atoms with E-state index in [1.165, 1.54) is 0 Å². The van der Waals surface area contributed by atoms with E-state index in [9.17, 15) is 4.79 Å². The molecule has 0 radical (unpaired) electrons. The van der Waals surface area contributed by atoms with Gasteiger partial charge in [0.15, 0.2) is 0 Å². The van der Waals surface area contributed by atoms with Gasteiger partial charge in [-0.25, -0.2) is 0 Å². The van der Waals surface area contributed by atoms with Crippen molar-refractivity contribution in [1.82, 2.24) is 5.32 Å². The molecule has 0 aliphatic carbocycles. The molecule has 0 saturated heterocycles. The number of benzene rings is 2. The molecule has 0 saturated carbocycles. The molecule has 0 aliphatic rings. The maximum absolute atomic E-state index is 11.7. The first-order valence-corrected chi connectivity index (χ1v) is 7.84. The van der Waals surface area contributed by atoms with Crippen molar-refractivity contribution in [3.63, 3.8) is 0 Å². The van der Waals surface area contributed by atoms with Gasteiger partial charge in [-0.05, 0) is 42.2 Å². The molecule has 1 amide bonds. The fourth-order valence-corrected chi connectivity index (χ4v) is 2.27. The van der Waals surface area contributed by atoms with Crippen molar-refractivity contribution in [2.24, 2.45) is 5.73 Å². The smallest absolute Gasteiger partial charge is 0.220 e. The first-order chi connectivity index (χ1) is 11.1. The van der Waals surface area contributed by atoms with Crippen LogP contribution >= 0.6 is 12.4 Å². The van der Waals surface area contributed by atoms with Gasteiger partial charge in [-0.3, -0.25) is 4.79 Å². The van der Waals surface area contributed by atoms with Crippen molar-refractivity contribution >= 4 is 18.3 Å². The Labute approximate surface area is 149 Å². The third-order valence-electron chi connectivity index (χ3n) is 3.67. The zero-order chi connectivity index (χ0) is 16.7. The van der Waals surface area contributed by atoms with Crippen molar-refractivity contribution in [1.29, 1.82) is 0 Å². The third kappa shape index (κ3) is 6.22. The van der Waals surface area contributed by atoms with Crippen LogP contribution in [0.3, 0.4) is 0 Å². The molecule has 24 heavy (non-hydrogen) atoms. The van der Waals surface area contributed by atoms with E-state index < -0.39 is 0 Å². The van der Waals surface area contributed by atoms with E-state index >= 15 is 0 Å². The molecule has 5 heteroatoms. The molecular weight excluding hydrogens is 324 g/mol. The number of carbonyl (C=O) groups is 1. The molecule has 1 unspecified atom stereocenters. The lowest BCUT2D eigenvalue weighted by Gasteiger charge is -2.08. The zero-order valence-corrected chi connectivity index (χ0v) is 14.9. The van der Waals surface area contributed by atoms with Crippen LogP contribution in [0, 0.1) is 0 Å². The fraction of sp³-hybridized carbons (Fsp3) is 0.316. The standard InChI is InChI=1S/C19H24N2O2.ClH/c1-14(20)6-11-19(22)21-13-15-7-9-16(10-8-15)17-4-3-5-18(12-17)23-2;/h3-5,7-10,12,14H,6,11,13,20H2,1-2H3,(H,21,22);1H. The number of hydrogen-bond donors (Lipinski definition) is 2. The average Bonchev–Trinajstić information content (AvgIpc) is 2.58. The lowest BCUT2D eigenvalue weighted by Crippen LogP contribution is -2.25. The van der Waals surface area contributed by atoms with Crippen molar-refractivity contribution < 1.29 is 9.53 Å². The summed E-state index contributed by atoms with van der Waals surface area (Å²) in [7, 11) is 1.66. The molecule has 0 fully saturated rings. The van der Waals surface area contributed by atoms with Crippen LogP contribution in [0.1, 0.15) is 25.3 Å². The number of hydrogen-bond acceptors (Lipinski definition) is 3. The van der Waals surface area contributed by atoms with E-state index in [1.807, 2.05) is 43.3 Å². The van der Waals surface area contributed by atoms with Gasteiger partial charge in [0.2, 0.25) is 5.91 Å². The molecular formula is C19H25ClN2O2. The van der Waals surface area contributed by atoms with E-state index in [0.29, 0.717) is 19.4 Å². The summed E-state index contributed by atoms with van der Waals surface area (Å²) in [4.78, 5) is 11.7. The summed E-state index contributed by atoms with van der Waals surface area (Å²) in [5.41, 5.74) is 8.96. The molecule has 2 rings (SSSR count). The Morgan fingerprint density at radius 3 is 2.50 bits per heavy atom. The number of methoxy groups -OCH3 is 1. The van der Waals surface area contributed by atoms with Gasteiger partial charge in [-0.1, -0.05) is 36.4 Å². The van der Waals surface area contributed by atoms with Crippen molar-refractivity contribution in [2.45, 2.75) is 32.4 Å². The number of amides is 1. The zero-order valence-electron chi connectivity index (χ0n) is 14.1. The highest BCUT2D eigenvalue weighted by molar-refractivity contribution is 5.85. The number of nitrogens with one attached hydrogen (secondary N) is 1. The molecule has 2 aromatic carbocycles. The quantitative estimate of drug-likeness (QED) is 0.804. The Kier molecular flexibility index (Phi) is 8.30. The average molecular weight is 349 g/mol. The van der Waals surface area contributed by atoms with Crippen LogP contribution in [0.2, 0.25) is 0 Å². The summed E-state index contributed by atoms with van der Waals surface area (Å²) in [5.74, 6) is 0.882. The molecule has 0 aromatic heterocycles. The molecule has 3 N–H and O–H groups in total. The van der Waals surface area contributed by atoms with Gasteiger partial charge in [0, 0.05) is 19.0 Å². The van der Waals surface area contributed by atoms with E-state index in [2.05, 4.69) is 17.4 Å². The van der Waals surface area contributed by atoms with Gasteiger partial charge < -0.3 is 15.8 Å². The van der Waals surface area contributed by atoms with Gasteiger partial charge in [-0.15, -0.1) is 12.4 Å². The Morgan fingerprint density at radius 2 is 1.88 bits per heavy atom. The predicted molar refractivity (Wildman–Crippen MR) is 100 cm³/mol. The minimum absolute atomic E-state index is 0. The van der Waals surface area contributed by atoms with Gasteiger partial charge in [0.25, 0.3) is 0 Å². The molecule has 0 heterocycles. The fourth-order valence-electron chi connectivity index (χ4n) is 2.27. The second kappa shape index (κ2) is 9.96. The summed E-state index contributed by atoms with van der Waals surface area (Å²) in [6, 6.07) is 16.2. The van der Waals surface area contributed by atoms with Gasteiger partial charge in [0.1, 0.15) is 5.75 Å². The number of ether oxygens (including phenoxy) is 1. The van der Waals surface area contributed by atoms with Crippen LogP contribution in [0.15, 0.2) is 48.5 Å². The van der Waals surface area contributed by atoms with Gasteiger partial charge in [0.05, 0.1) is 7.11 Å². The molecule has 2 aromatic rings. The molecule has 4 nitrogen and oxygen atoms in total. The van der Waals surface area contributed by atoms with Crippen LogP contribution in [0.5, 0.6) is 5.75 Å². The minimum atomic E-state index is 0. The van der Waals surface area contributed by atoms with E-state index in [4.69, 9.17) is 10.5 Å². The Balaban J connectivity index is 0.00000288.